The molecule has 1 saturated heterocycles. The van der Waals surface area contributed by atoms with Gasteiger partial charge in [-0.15, -0.1) is 0 Å². The molecule has 0 bridgehead atoms. The quantitative estimate of drug-likeness (QED) is 0.745. The van der Waals surface area contributed by atoms with Gasteiger partial charge >= 0.3 is 5.97 Å². The first-order valence-electron chi connectivity index (χ1n) is 9.83. The second-order valence-electron chi connectivity index (χ2n) is 7.89. The molecule has 1 aliphatic carbocycles. The SMILES string of the molecule is COCC1(C(=O)O)CCN(C(=O)c2ccc(CNC(=O)C3CCCC3)cc2)C1. The molecule has 1 atom stereocenters. The summed E-state index contributed by atoms with van der Waals surface area (Å²) in [5.74, 6) is -0.866. The number of rotatable bonds is 7. The van der Waals surface area contributed by atoms with Gasteiger partial charge < -0.3 is 20.1 Å². The highest BCUT2D eigenvalue weighted by molar-refractivity contribution is 5.95. The van der Waals surface area contributed by atoms with E-state index < -0.39 is 11.4 Å². The van der Waals surface area contributed by atoms with Crippen molar-refractivity contribution in [2.75, 3.05) is 26.8 Å². The third-order valence-corrected chi connectivity index (χ3v) is 5.91. The van der Waals surface area contributed by atoms with E-state index in [4.69, 9.17) is 4.74 Å². The molecular weight excluding hydrogens is 360 g/mol. The van der Waals surface area contributed by atoms with Gasteiger partial charge in [0.1, 0.15) is 5.41 Å². The highest BCUT2D eigenvalue weighted by Gasteiger charge is 2.46. The zero-order chi connectivity index (χ0) is 20.1. The van der Waals surface area contributed by atoms with Crippen LogP contribution in [0.3, 0.4) is 0 Å². The van der Waals surface area contributed by atoms with Gasteiger partial charge in [-0.05, 0) is 37.0 Å². The Labute approximate surface area is 165 Å². The second kappa shape index (κ2) is 8.73. The summed E-state index contributed by atoms with van der Waals surface area (Å²) in [6.45, 7) is 1.08. The number of carboxylic acid groups (broad SMARTS) is 1. The number of hydrogen-bond donors (Lipinski definition) is 2. The van der Waals surface area contributed by atoms with E-state index in [0.717, 1.165) is 31.2 Å². The molecule has 1 heterocycles. The zero-order valence-corrected chi connectivity index (χ0v) is 16.3. The molecule has 7 heteroatoms. The minimum Gasteiger partial charge on any atom is -0.481 e. The van der Waals surface area contributed by atoms with Crippen molar-refractivity contribution in [2.45, 2.75) is 38.6 Å². The number of benzene rings is 1. The third kappa shape index (κ3) is 4.35. The molecule has 3 rings (SSSR count). The van der Waals surface area contributed by atoms with Crippen LogP contribution in [0.4, 0.5) is 0 Å². The Hall–Kier alpha value is -2.41. The number of nitrogens with one attached hydrogen (secondary N) is 1. The van der Waals surface area contributed by atoms with Gasteiger partial charge in [0.15, 0.2) is 0 Å². The average Bonchev–Trinajstić information content (AvgIpc) is 3.37. The van der Waals surface area contributed by atoms with Crippen LogP contribution in [0.1, 0.15) is 48.0 Å². The van der Waals surface area contributed by atoms with Crippen LogP contribution in [0.2, 0.25) is 0 Å². The second-order valence-corrected chi connectivity index (χ2v) is 7.89. The molecule has 2 N–H and O–H groups in total. The number of hydrogen-bond acceptors (Lipinski definition) is 4. The highest BCUT2D eigenvalue weighted by Crippen LogP contribution is 2.32. The number of likely N-dealkylation sites (tertiary alicyclic amines) is 1. The fourth-order valence-electron chi connectivity index (χ4n) is 4.15. The van der Waals surface area contributed by atoms with Crippen molar-refractivity contribution in [3.05, 3.63) is 35.4 Å². The fourth-order valence-corrected chi connectivity index (χ4v) is 4.15. The first kappa shape index (κ1) is 20.3. The minimum absolute atomic E-state index is 0.0890. The molecule has 28 heavy (non-hydrogen) atoms. The summed E-state index contributed by atoms with van der Waals surface area (Å²) in [5, 5.41) is 12.5. The normalized spacial score (nSPS) is 22.4. The molecule has 1 aromatic carbocycles. The Kier molecular flexibility index (Phi) is 6.34. The largest absolute Gasteiger partial charge is 0.481 e. The Bertz CT molecular complexity index is 727. The van der Waals surface area contributed by atoms with Crippen LogP contribution < -0.4 is 5.32 Å². The van der Waals surface area contributed by atoms with Gasteiger partial charge in [-0.1, -0.05) is 25.0 Å². The van der Waals surface area contributed by atoms with E-state index in [9.17, 15) is 19.5 Å². The minimum atomic E-state index is -1.03. The van der Waals surface area contributed by atoms with Crippen molar-refractivity contribution in [2.24, 2.45) is 11.3 Å². The van der Waals surface area contributed by atoms with Crippen LogP contribution in [-0.4, -0.2) is 54.6 Å². The van der Waals surface area contributed by atoms with Crippen molar-refractivity contribution in [1.82, 2.24) is 10.2 Å². The van der Waals surface area contributed by atoms with E-state index in [1.54, 1.807) is 17.0 Å². The number of methoxy groups -OCH3 is 1. The van der Waals surface area contributed by atoms with Crippen molar-refractivity contribution >= 4 is 17.8 Å². The molecule has 1 aromatic rings. The Morgan fingerprint density at radius 3 is 2.50 bits per heavy atom. The molecule has 2 fully saturated rings. The van der Waals surface area contributed by atoms with E-state index in [0.29, 0.717) is 25.1 Å². The molecule has 2 amide bonds. The van der Waals surface area contributed by atoms with Crippen LogP contribution >= 0.6 is 0 Å². The summed E-state index contributed by atoms with van der Waals surface area (Å²) >= 11 is 0. The Morgan fingerprint density at radius 1 is 1.21 bits per heavy atom. The monoisotopic (exact) mass is 388 g/mol. The maximum Gasteiger partial charge on any atom is 0.313 e. The summed E-state index contributed by atoms with van der Waals surface area (Å²) in [6, 6.07) is 7.13. The molecular formula is C21H28N2O5. The molecule has 0 radical (unpaired) electrons. The molecule has 2 aliphatic rings. The number of ether oxygens (including phenoxy) is 1. The predicted octanol–water partition coefficient (Wildman–Crippen LogP) is 2.06. The standard InChI is InChI=1S/C21H28N2O5/c1-28-14-21(20(26)27)10-11-23(13-21)19(25)17-8-6-15(7-9-17)12-22-18(24)16-4-2-3-5-16/h6-9,16H,2-5,10-14H2,1H3,(H,22,24)(H,26,27). The van der Waals surface area contributed by atoms with Gasteiger partial charge in [0.25, 0.3) is 5.91 Å². The molecule has 1 aliphatic heterocycles. The lowest BCUT2D eigenvalue weighted by molar-refractivity contribution is -0.151. The van der Waals surface area contributed by atoms with Gasteiger partial charge in [0, 0.05) is 38.2 Å². The maximum absolute atomic E-state index is 12.7. The van der Waals surface area contributed by atoms with Crippen LogP contribution in [-0.2, 0) is 20.9 Å². The smallest absolute Gasteiger partial charge is 0.313 e. The number of aliphatic carboxylic acids is 1. The molecule has 1 saturated carbocycles. The summed E-state index contributed by atoms with van der Waals surface area (Å²) in [4.78, 5) is 38.0. The van der Waals surface area contributed by atoms with E-state index in [-0.39, 0.29) is 30.9 Å². The van der Waals surface area contributed by atoms with E-state index >= 15 is 0 Å². The van der Waals surface area contributed by atoms with Crippen molar-refractivity contribution < 1.29 is 24.2 Å². The summed E-state index contributed by atoms with van der Waals surface area (Å²) < 4.78 is 5.07. The van der Waals surface area contributed by atoms with E-state index in [2.05, 4.69) is 5.32 Å². The van der Waals surface area contributed by atoms with Gasteiger partial charge in [-0.25, -0.2) is 0 Å². The average molecular weight is 388 g/mol. The van der Waals surface area contributed by atoms with Gasteiger partial charge in [-0.2, -0.15) is 0 Å². The summed E-state index contributed by atoms with van der Waals surface area (Å²) in [7, 11) is 1.47. The molecule has 0 spiro atoms. The molecule has 152 valence electrons. The lowest BCUT2D eigenvalue weighted by Crippen LogP contribution is -2.40. The fraction of sp³-hybridized carbons (Fsp3) is 0.571. The van der Waals surface area contributed by atoms with Crippen molar-refractivity contribution in [3.8, 4) is 0 Å². The number of nitrogens with zero attached hydrogens (tertiary/aromatic N) is 1. The Balaban J connectivity index is 1.56. The Morgan fingerprint density at radius 2 is 1.89 bits per heavy atom. The molecule has 1 unspecified atom stereocenters. The maximum atomic E-state index is 12.7. The lowest BCUT2D eigenvalue weighted by Gasteiger charge is -2.23. The summed E-state index contributed by atoms with van der Waals surface area (Å²) in [6.07, 6.45) is 4.57. The van der Waals surface area contributed by atoms with Crippen molar-refractivity contribution in [3.63, 3.8) is 0 Å². The number of carboxylic acids is 1. The third-order valence-electron chi connectivity index (χ3n) is 5.91. The van der Waals surface area contributed by atoms with E-state index in [1.807, 2.05) is 12.1 Å². The first-order chi connectivity index (χ1) is 13.4. The van der Waals surface area contributed by atoms with Crippen molar-refractivity contribution in [1.29, 1.82) is 0 Å². The molecule has 7 nitrogen and oxygen atoms in total. The highest BCUT2D eigenvalue weighted by atomic mass is 16.5. The number of amides is 2. The van der Waals surface area contributed by atoms with Crippen LogP contribution in [0, 0.1) is 11.3 Å². The topological polar surface area (TPSA) is 95.9 Å². The van der Waals surface area contributed by atoms with Crippen LogP contribution in [0.15, 0.2) is 24.3 Å². The lowest BCUT2D eigenvalue weighted by atomic mass is 9.88. The van der Waals surface area contributed by atoms with Crippen LogP contribution in [0.25, 0.3) is 0 Å². The number of carbonyl (C=O) groups excluding carboxylic acids is 2. The molecule has 0 aromatic heterocycles. The zero-order valence-electron chi connectivity index (χ0n) is 16.3. The first-order valence-corrected chi connectivity index (χ1v) is 9.83. The van der Waals surface area contributed by atoms with E-state index in [1.165, 1.54) is 7.11 Å². The van der Waals surface area contributed by atoms with Crippen LogP contribution in [0.5, 0.6) is 0 Å². The van der Waals surface area contributed by atoms with Gasteiger partial charge in [0.05, 0.1) is 6.61 Å². The summed E-state index contributed by atoms with van der Waals surface area (Å²) in [5.41, 5.74) is 0.419. The van der Waals surface area contributed by atoms with Gasteiger partial charge in [0.2, 0.25) is 5.91 Å². The number of carbonyl (C=O) groups is 3. The predicted molar refractivity (Wildman–Crippen MR) is 103 cm³/mol. The van der Waals surface area contributed by atoms with Gasteiger partial charge in [-0.3, -0.25) is 14.4 Å².